The summed E-state index contributed by atoms with van der Waals surface area (Å²) in [6.45, 7) is 2.12. The monoisotopic (exact) mass is 287 g/mol. The first-order chi connectivity index (χ1) is 10.3. The van der Waals surface area contributed by atoms with Crippen molar-refractivity contribution in [3.05, 3.63) is 30.6 Å². The summed E-state index contributed by atoms with van der Waals surface area (Å²) < 4.78 is 12.8. The van der Waals surface area contributed by atoms with Gasteiger partial charge in [-0.1, -0.05) is 0 Å². The number of benzene rings is 1. The average molecular weight is 287 g/mol. The van der Waals surface area contributed by atoms with Crippen LogP contribution in [0.3, 0.4) is 0 Å². The number of hydrogen-bond acceptors (Lipinski definition) is 4. The molecule has 0 spiro atoms. The molecule has 2 heterocycles. The Bertz CT molecular complexity index is 603. The highest BCUT2D eigenvalue weighted by Gasteiger charge is 2.17. The quantitative estimate of drug-likeness (QED) is 0.938. The van der Waals surface area contributed by atoms with E-state index in [0.717, 1.165) is 48.6 Å². The van der Waals surface area contributed by atoms with Gasteiger partial charge < -0.3 is 14.8 Å². The number of rotatable bonds is 4. The van der Waals surface area contributed by atoms with Crippen LogP contribution in [0.25, 0.3) is 11.1 Å². The molecule has 0 aliphatic carbocycles. The van der Waals surface area contributed by atoms with Crippen LogP contribution in [0.5, 0.6) is 11.5 Å². The second-order valence-electron chi connectivity index (χ2n) is 5.26. The number of nitrogens with one attached hydrogen (secondary N) is 1. The van der Waals surface area contributed by atoms with Gasteiger partial charge in [0, 0.05) is 17.3 Å². The molecule has 0 atom stereocenters. The molecular formula is C16H21N3O2. The van der Waals surface area contributed by atoms with Gasteiger partial charge in [0.25, 0.3) is 0 Å². The van der Waals surface area contributed by atoms with Crippen LogP contribution in [0.15, 0.2) is 30.6 Å². The molecular weight excluding hydrogens is 266 g/mol. The number of aromatic nitrogens is 2. The lowest BCUT2D eigenvalue weighted by Gasteiger charge is -2.22. The summed E-state index contributed by atoms with van der Waals surface area (Å²) in [4.78, 5) is 0. The molecule has 0 saturated carbocycles. The maximum Gasteiger partial charge on any atom is 0.127 e. The molecule has 0 radical (unpaired) electrons. The fraction of sp³-hybridized carbons (Fsp3) is 0.438. The molecule has 1 fully saturated rings. The summed E-state index contributed by atoms with van der Waals surface area (Å²) in [5.74, 6) is 1.65. The highest BCUT2D eigenvalue weighted by Crippen LogP contribution is 2.33. The minimum Gasteiger partial charge on any atom is -0.497 e. The van der Waals surface area contributed by atoms with Gasteiger partial charge in [0.15, 0.2) is 0 Å². The Hall–Kier alpha value is -2.01. The Morgan fingerprint density at radius 1 is 1.19 bits per heavy atom. The summed E-state index contributed by atoms with van der Waals surface area (Å²) in [6, 6.07) is 6.30. The van der Waals surface area contributed by atoms with Crippen LogP contribution in [0.4, 0.5) is 0 Å². The largest absolute Gasteiger partial charge is 0.497 e. The maximum atomic E-state index is 5.45. The number of nitrogens with zero attached hydrogens (tertiary/aromatic N) is 2. The molecule has 0 amide bonds. The van der Waals surface area contributed by atoms with E-state index in [-0.39, 0.29) is 0 Å². The number of methoxy groups -OCH3 is 2. The van der Waals surface area contributed by atoms with Gasteiger partial charge in [-0.2, -0.15) is 5.10 Å². The molecule has 1 aromatic carbocycles. The van der Waals surface area contributed by atoms with Crippen LogP contribution in [0.1, 0.15) is 18.9 Å². The molecule has 1 aliphatic rings. The van der Waals surface area contributed by atoms with Crippen molar-refractivity contribution in [1.82, 2.24) is 15.1 Å². The van der Waals surface area contributed by atoms with Crippen molar-refractivity contribution in [3.8, 4) is 22.6 Å². The van der Waals surface area contributed by atoms with Crippen molar-refractivity contribution < 1.29 is 9.47 Å². The van der Waals surface area contributed by atoms with E-state index in [1.807, 2.05) is 24.4 Å². The molecule has 0 bridgehead atoms. The third-order valence-electron chi connectivity index (χ3n) is 4.00. The molecule has 2 aromatic rings. The molecule has 1 saturated heterocycles. The van der Waals surface area contributed by atoms with E-state index in [0.29, 0.717) is 6.04 Å². The molecule has 112 valence electrons. The SMILES string of the molecule is COc1ccc(OC)c(-c2cnn(C3CCNCC3)c2)c1. The van der Waals surface area contributed by atoms with E-state index in [2.05, 4.69) is 21.3 Å². The van der Waals surface area contributed by atoms with Crippen molar-refractivity contribution in [2.75, 3.05) is 27.3 Å². The molecule has 3 rings (SSSR count). The van der Waals surface area contributed by atoms with Gasteiger partial charge in [-0.05, 0) is 44.1 Å². The highest BCUT2D eigenvalue weighted by molar-refractivity contribution is 5.71. The molecule has 21 heavy (non-hydrogen) atoms. The van der Waals surface area contributed by atoms with Crippen molar-refractivity contribution in [2.45, 2.75) is 18.9 Å². The zero-order valence-electron chi connectivity index (χ0n) is 12.5. The maximum absolute atomic E-state index is 5.45. The van der Waals surface area contributed by atoms with Gasteiger partial charge in [0.05, 0.1) is 26.5 Å². The van der Waals surface area contributed by atoms with Gasteiger partial charge in [0.2, 0.25) is 0 Å². The second-order valence-corrected chi connectivity index (χ2v) is 5.26. The van der Waals surface area contributed by atoms with Crippen molar-refractivity contribution >= 4 is 0 Å². The summed E-state index contributed by atoms with van der Waals surface area (Å²) >= 11 is 0. The van der Waals surface area contributed by atoms with Gasteiger partial charge in [0.1, 0.15) is 11.5 Å². The first kappa shape index (κ1) is 13.9. The zero-order chi connectivity index (χ0) is 14.7. The van der Waals surface area contributed by atoms with Gasteiger partial charge in [-0.15, -0.1) is 0 Å². The van der Waals surface area contributed by atoms with Gasteiger partial charge in [-0.3, -0.25) is 4.68 Å². The number of piperidine rings is 1. The lowest BCUT2D eigenvalue weighted by Crippen LogP contribution is -2.29. The fourth-order valence-corrected chi connectivity index (χ4v) is 2.79. The third kappa shape index (κ3) is 2.88. The molecule has 5 nitrogen and oxygen atoms in total. The Morgan fingerprint density at radius 2 is 2.00 bits per heavy atom. The summed E-state index contributed by atoms with van der Waals surface area (Å²) in [5.41, 5.74) is 2.07. The van der Waals surface area contributed by atoms with E-state index >= 15 is 0 Å². The fourth-order valence-electron chi connectivity index (χ4n) is 2.79. The summed E-state index contributed by atoms with van der Waals surface area (Å²) in [5, 5.41) is 7.92. The minimum atomic E-state index is 0.483. The first-order valence-corrected chi connectivity index (χ1v) is 7.29. The smallest absolute Gasteiger partial charge is 0.127 e. The van der Waals surface area contributed by atoms with Crippen LogP contribution in [-0.4, -0.2) is 37.1 Å². The molecule has 5 heteroatoms. The van der Waals surface area contributed by atoms with Crippen LogP contribution in [0.2, 0.25) is 0 Å². The number of hydrogen-bond donors (Lipinski definition) is 1. The van der Waals surface area contributed by atoms with Crippen LogP contribution >= 0.6 is 0 Å². The number of ether oxygens (including phenoxy) is 2. The minimum absolute atomic E-state index is 0.483. The van der Waals surface area contributed by atoms with Gasteiger partial charge >= 0.3 is 0 Å². The normalized spacial score (nSPS) is 15.9. The molecule has 1 N–H and O–H groups in total. The predicted octanol–water partition coefficient (Wildman–Crippen LogP) is 2.49. The predicted molar refractivity (Wildman–Crippen MR) is 81.9 cm³/mol. The van der Waals surface area contributed by atoms with Crippen molar-refractivity contribution in [2.24, 2.45) is 0 Å². The molecule has 1 aliphatic heterocycles. The first-order valence-electron chi connectivity index (χ1n) is 7.29. The van der Waals surface area contributed by atoms with Crippen LogP contribution in [-0.2, 0) is 0 Å². The van der Waals surface area contributed by atoms with E-state index in [1.54, 1.807) is 14.2 Å². The Kier molecular flexibility index (Phi) is 4.10. The van der Waals surface area contributed by atoms with Crippen molar-refractivity contribution in [1.29, 1.82) is 0 Å². The topological polar surface area (TPSA) is 48.3 Å². The van der Waals surface area contributed by atoms with Crippen molar-refractivity contribution in [3.63, 3.8) is 0 Å². The lowest BCUT2D eigenvalue weighted by atomic mass is 10.1. The van der Waals surface area contributed by atoms with E-state index < -0.39 is 0 Å². The third-order valence-corrected chi connectivity index (χ3v) is 4.00. The van der Waals surface area contributed by atoms with E-state index in [1.165, 1.54) is 0 Å². The van der Waals surface area contributed by atoms with E-state index in [9.17, 15) is 0 Å². The Balaban J connectivity index is 1.91. The summed E-state index contributed by atoms with van der Waals surface area (Å²) in [6.07, 6.45) is 6.25. The van der Waals surface area contributed by atoms with Crippen LogP contribution in [0, 0.1) is 0 Å². The Morgan fingerprint density at radius 3 is 2.71 bits per heavy atom. The zero-order valence-corrected chi connectivity index (χ0v) is 12.5. The van der Waals surface area contributed by atoms with Crippen LogP contribution < -0.4 is 14.8 Å². The van der Waals surface area contributed by atoms with Gasteiger partial charge in [-0.25, -0.2) is 0 Å². The average Bonchev–Trinajstić information content (AvgIpc) is 3.05. The lowest BCUT2D eigenvalue weighted by molar-refractivity contribution is 0.343. The Labute approximate surface area is 124 Å². The van der Waals surface area contributed by atoms with E-state index in [4.69, 9.17) is 9.47 Å². The highest BCUT2D eigenvalue weighted by atomic mass is 16.5. The second kappa shape index (κ2) is 6.18. The molecule has 0 unspecified atom stereocenters. The molecule has 1 aromatic heterocycles. The standard InChI is InChI=1S/C16H21N3O2/c1-20-14-3-4-16(21-2)15(9-14)12-10-18-19(11-12)13-5-7-17-8-6-13/h3-4,9-11,13,17H,5-8H2,1-2H3. The summed E-state index contributed by atoms with van der Waals surface area (Å²) in [7, 11) is 3.35.